The fourth-order valence-corrected chi connectivity index (χ4v) is 3.75. The van der Waals surface area contributed by atoms with Crippen LogP contribution in [0.4, 0.5) is 0 Å². The zero-order valence-electron chi connectivity index (χ0n) is 15.1. The highest BCUT2D eigenvalue weighted by atomic mass is 16.5. The maximum Gasteiger partial charge on any atom is 0.341 e. The molecule has 4 rings (SSSR count). The number of hydrogen-bond acceptors (Lipinski definition) is 4. The van der Waals surface area contributed by atoms with Crippen molar-refractivity contribution in [1.29, 1.82) is 0 Å². The summed E-state index contributed by atoms with van der Waals surface area (Å²) in [6.45, 7) is -0.518. The minimum absolute atomic E-state index is 0.175. The zero-order chi connectivity index (χ0) is 19.7. The van der Waals surface area contributed by atoms with Gasteiger partial charge in [-0.3, -0.25) is 4.79 Å². The minimum atomic E-state index is -1.10. The molecule has 0 spiro atoms. The molecule has 1 aromatic carbocycles. The molecule has 0 unspecified atom stereocenters. The summed E-state index contributed by atoms with van der Waals surface area (Å²) < 4.78 is 7.36. The van der Waals surface area contributed by atoms with Crippen LogP contribution in [0.5, 0.6) is 5.88 Å². The first-order valence-corrected chi connectivity index (χ1v) is 8.96. The number of hydrogen-bond donors (Lipinski definition) is 2. The Morgan fingerprint density at radius 2 is 2.04 bits per heavy atom. The Morgan fingerprint density at radius 1 is 1.25 bits per heavy atom. The molecule has 2 aromatic heterocycles. The topological polar surface area (TPSA) is 107 Å². The van der Waals surface area contributed by atoms with E-state index in [0.717, 1.165) is 23.2 Å². The second-order valence-electron chi connectivity index (χ2n) is 6.62. The number of nitrogens with two attached hydrogens (primary N) is 1. The van der Waals surface area contributed by atoms with Crippen LogP contribution in [0.2, 0.25) is 0 Å². The van der Waals surface area contributed by atoms with Gasteiger partial charge in [0.15, 0.2) is 6.61 Å². The van der Waals surface area contributed by atoms with E-state index >= 15 is 0 Å². The van der Waals surface area contributed by atoms with E-state index in [9.17, 15) is 9.59 Å². The molecule has 0 fully saturated rings. The van der Waals surface area contributed by atoms with Crippen LogP contribution >= 0.6 is 0 Å². The van der Waals surface area contributed by atoms with Gasteiger partial charge in [-0.15, -0.1) is 0 Å². The van der Waals surface area contributed by atoms with Gasteiger partial charge < -0.3 is 20.0 Å². The summed E-state index contributed by atoms with van der Waals surface area (Å²) in [6.07, 6.45) is 7.32. The van der Waals surface area contributed by atoms with Crippen molar-refractivity contribution in [2.45, 2.75) is 19.3 Å². The first-order valence-electron chi connectivity index (χ1n) is 8.96. The average Bonchev–Trinajstić information content (AvgIpc) is 3.01. The van der Waals surface area contributed by atoms with E-state index in [4.69, 9.17) is 15.6 Å². The number of amides is 1. The molecule has 0 atom stereocenters. The van der Waals surface area contributed by atoms with Crippen LogP contribution < -0.4 is 10.5 Å². The second kappa shape index (κ2) is 7.19. The molecule has 1 aliphatic carbocycles. The van der Waals surface area contributed by atoms with E-state index < -0.39 is 18.5 Å². The zero-order valence-corrected chi connectivity index (χ0v) is 15.1. The first-order chi connectivity index (χ1) is 13.6. The molecule has 3 N–H and O–H groups in total. The lowest BCUT2D eigenvalue weighted by molar-refractivity contribution is -0.139. The lowest BCUT2D eigenvalue weighted by Crippen LogP contribution is -2.16. The minimum Gasteiger partial charge on any atom is -0.479 e. The number of rotatable bonds is 6. The number of carboxylic acid groups (broad SMARTS) is 1. The molecule has 7 nitrogen and oxygen atoms in total. The number of carboxylic acids is 1. The highest BCUT2D eigenvalue weighted by molar-refractivity contribution is 6.22. The van der Waals surface area contributed by atoms with Crippen molar-refractivity contribution in [3.8, 4) is 5.88 Å². The van der Waals surface area contributed by atoms with E-state index in [2.05, 4.69) is 4.98 Å². The van der Waals surface area contributed by atoms with E-state index in [-0.39, 0.29) is 5.88 Å². The number of aliphatic carboxylic acids is 1. The number of allylic oxidation sites excluding steroid dienone is 1. The molecule has 1 amide bonds. The van der Waals surface area contributed by atoms with Crippen molar-refractivity contribution in [3.63, 3.8) is 0 Å². The number of carbonyl (C=O) groups excluding carboxylic acids is 1. The first kappa shape index (κ1) is 17.8. The molecular weight excluding hydrogens is 358 g/mol. The Bertz CT molecular complexity index is 1100. The summed E-state index contributed by atoms with van der Waals surface area (Å²) in [5, 5.41) is 8.98. The molecule has 0 aliphatic heterocycles. The van der Waals surface area contributed by atoms with Crippen LogP contribution in [0.15, 0.2) is 48.8 Å². The van der Waals surface area contributed by atoms with Crippen molar-refractivity contribution in [3.05, 3.63) is 71.2 Å². The van der Waals surface area contributed by atoms with Crippen molar-refractivity contribution in [2.24, 2.45) is 5.73 Å². The summed E-state index contributed by atoms with van der Waals surface area (Å²) in [7, 11) is 0. The van der Waals surface area contributed by atoms with E-state index in [1.807, 2.05) is 40.8 Å². The van der Waals surface area contributed by atoms with Crippen molar-refractivity contribution < 1.29 is 19.4 Å². The molecule has 28 heavy (non-hydrogen) atoms. The SMILES string of the molecule is NC(=O)C1=CCCc2c1c1c(OCC(=O)O)nccn1c2Cc1ccccc1. The average molecular weight is 377 g/mol. The Kier molecular flexibility index (Phi) is 4.57. The Hall–Kier alpha value is -3.61. The Labute approximate surface area is 161 Å². The Balaban J connectivity index is 1.95. The van der Waals surface area contributed by atoms with Crippen LogP contribution in [0, 0.1) is 0 Å². The predicted octanol–water partition coefficient (Wildman–Crippen LogP) is 2.20. The third-order valence-electron chi connectivity index (χ3n) is 4.85. The Morgan fingerprint density at radius 3 is 2.75 bits per heavy atom. The molecular formula is C21H19N3O4. The van der Waals surface area contributed by atoms with Gasteiger partial charge in [-0.2, -0.15) is 0 Å². The lowest BCUT2D eigenvalue weighted by Gasteiger charge is -2.13. The monoisotopic (exact) mass is 377 g/mol. The van der Waals surface area contributed by atoms with E-state index in [1.54, 1.807) is 12.4 Å². The van der Waals surface area contributed by atoms with Crippen molar-refractivity contribution in [2.75, 3.05) is 6.61 Å². The van der Waals surface area contributed by atoms with Gasteiger partial charge in [0, 0.05) is 35.6 Å². The molecule has 0 saturated heterocycles. The number of fused-ring (bicyclic) bond motifs is 3. The third kappa shape index (κ3) is 3.11. The van der Waals surface area contributed by atoms with Gasteiger partial charge in [0.25, 0.3) is 0 Å². The number of benzene rings is 1. The van der Waals surface area contributed by atoms with Gasteiger partial charge in [0.1, 0.15) is 5.52 Å². The van der Waals surface area contributed by atoms with Crippen molar-refractivity contribution in [1.82, 2.24) is 9.38 Å². The largest absolute Gasteiger partial charge is 0.479 e. The summed E-state index contributed by atoms with van der Waals surface area (Å²) in [4.78, 5) is 27.3. The summed E-state index contributed by atoms with van der Waals surface area (Å²) in [5.41, 5.74) is 10.5. The third-order valence-corrected chi connectivity index (χ3v) is 4.85. The number of primary amides is 1. The molecule has 0 bridgehead atoms. The van der Waals surface area contributed by atoms with Gasteiger partial charge in [0.05, 0.1) is 0 Å². The fraction of sp³-hybridized carbons (Fsp3) is 0.190. The standard InChI is InChI=1S/C21H19N3O4/c22-20(27)15-8-4-7-14-16(11-13-5-2-1-3-6-13)24-10-9-23-21(19(24)18(14)15)28-12-17(25)26/h1-3,5-6,8-10H,4,7,11-12H2,(H2,22,27)(H,25,26). The highest BCUT2D eigenvalue weighted by Crippen LogP contribution is 2.38. The normalized spacial score (nSPS) is 13.1. The number of ether oxygens (including phenoxy) is 1. The fourth-order valence-electron chi connectivity index (χ4n) is 3.75. The van der Waals surface area contributed by atoms with Gasteiger partial charge in [-0.05, 0) is 24.0 Å². The predicted molar refractivity (Wildman–Crippen MR) is 103 cm³/mol. The van der Waals surface area contributed by atoms with Crippen LogP contribution in [0.3, 0.4) is 0 Å². The smallest absolute Gasteiger partial charge is 0.341 e. The number of nitrogens with zero attached hydrogens (tertiary/aromatic N) is 2. The number of carbonyl (C=O) groups is 2. The lowest BCUT2D eigenvalue weighted by atomic mass is 9.90. The number of aromatic nitrogens is 2. The molecule has 2 heterocycles. The van der Waals surface area contributed by atoms with E-state index in [1.165, 1.54) is 0 Å². The molecule has 0 saturated carbocycles. The molecule has 3 aromatic rings. The van der Waals surface area contributed by atoms with E-state index in [0.29, 0.717) is 29.5 Å². The van der Waals surface area contributed by atoms with Gasteiger partial charge in [-0.25, -0.2) is 9.78 Å². The maximum absolute atomic E-state index is 12.1. The van der Waals surface area contributed by atoms with Gasteiger partial charge >= 0.3 is 5.97 Å². The summed E-state index contributed by atoms with van der Waals surface area (Å²) in [6, 6.07) is 10.0. The summed E-state index contributed by atoms with van der Waals surface area (Å²) >= 11 is 0. The second-order valence-corrected chi connectivity index (χ2v) is 6.62. The van der Waals surface area contributed by atoms with Crippen molar-refractivity contribution >= 4 is 23.0 Å². The quantitative estimate of drug-likeness (QED) is 0.685. The van der Waals surface area contributed by atoms with Gasteiger partial charge in [-0.1, -0.05) is 36.4 Å². The van der Waals surface area contributed by atoms with Crippen LogP contribution in [-0.4, -0.2) is 33.0 Å². The molecule has 0 radical (unpaired) electrons. The van der Waals surface area contributed by atoms with Crippen LogP contribution in [-0.2, 0) is 22.4 Å². The molecule has 1 aliphatic rings. The highest BCUT2D eigenvalue weighted by Gasteiger charge is 2.28. The molecule has 142 valence electrons. The van der Waals surface area contributed by atoms with Crippen LogP contribution in [0.25, 0.3) is 11.1 Å². The molecule has 7 heteroatoms. The van der Waals surface area contributed by atoms with Gasteiger partial charge in [0.2, 0.25) is 11.8 Å². The maximum atomic E-state index is 12.1. The van der Waals surface area contributed by atoms with Crippen LogP contribution in [0.1, 0.15) is 28.8 Å². The summed E-state index contributed by atoms with van der Waals surface area (Å²) in [5.74, 6) is -1.44.